The van der Waals surface area contributed by atoms with Crippen molar-refractivity contribution in [3.05, 3.63) is 163 Å². The van der Waals surface area contributed by atoms with Gasteiger partial charge in [0.05, 0.1) is 0 Å². The van der Waals surface area contributed by atoms with Gasteiger partial charge < -0.3 is 0 Å². The van der Waals surface area contributed by atoms with Crippen molar-refractivity contribution in [1.29, 1.82) is 0 Å². The molecule has 0 spiro atoms. The van der Waals surface area contributed by atoms with Crippen molar-refractivity contribution in [3.63, 3.8) is 0 Å². The summed E-state index contributed by atoms with van der Waals surface area (Å²) >= 11 is 0. The van der Waals surface area contributed by atoms with E-state index >= 15 is 0 Å². The maximum atomic E-state index is 4.50. The minimum atomic E-state index is -0.115. The van der Waals surface area contributed by atoms with E-state index in [1.54, 1.807) is 0 Å². The molecule has 0 atom stereocenters. The topological polar surface area (TPSA) is 12.9 Å². The van der Waals surface area contributed by atoms with Crippen LogP contribution in [0.4, 0.5) is 0 Å². The fourth-order valence-electron chi connectivity index (χ4n) is 7.82. The first-order chi connectivity index (χ1) is 22.1. The molecule has 8 aromatic rings. The lowest BCUT2D eigenvalue weighted by molar-refractivity contribution is 0.658. The lowest BCUT2D eigenvalue weighted by Crippen LogP contribution is -2.15. The van der Waals surface area contributed by atoms with E-state index in [1.165, 1.54) is 88.0 Å². The van der Waals surface area contributed by atoms with Crippen LogP contribution in [0.25, 0.3) is 76.8 Å². The first-order valence-electron chi connectivity index (χ1n) is 15.7. The Morgan fingerprint density at radius 3 is 1.44 bits per heavy atom. The van der Waals surface area contributed by atoms with E-state index in [1.807, 2.05) is 6.20 Å². The number of fused-ring (bicyclic) bond motifs is 7. The summed E-state index contributed by atoms with van der Waals surface area (Å²) in [5.41, 5.74) is 12.8. The number of benzene rings is 7. The van der Waals surface area contributed by atoms with Gasteiger partial charge in [-0.3, -0.25) is 4.98 Å². The zero-order valence-electron chi connectivity index (χ0n) is 25.4. The zero-order valence-corrected chi connectivity index (χ0v) is 25.4. The van der Waals surface area contributed by atoms with E-state index in [2.05, 4.69) is 165 Å². The molecule has 1 aliphatic rings. The first-order valence-corrected chi connectivity index (χ1v) is 15.7. The van der Waals surface area contributed by atoms with E-state index in [0.717, 1.165) is 0 Å². The first kappa shape index (κ1) is 25.9. The molecule has 0 bridgehead atoms. The third-order valence-electron chi connectivity index (χ3n) is 9.96. The van der Waals surface area contributed by atoms with Crippen molar-refractivity contribution < 1.29 is 0 Å². The molecule has 1 heteroatoms. The summed E-state index contributed by atoms with van der Waals surface area (Å²) in [5, 5.41) is 7.70. The van der Waals surface area contributed by atoms with Gasteiger partial charge in [0, 0.05) is 17.8 Å². The molecule has 7 aromatic carbocycles. The van der Waals surface area contributed by atoms with Crippen molar-refractivity contribution in [3.8, 4) is 44.5 Å². The van der Waals surface area contributed by atoms with E-state index in [4.69, 9.17) is 0 Å². The highest BCUT2D eigenvalue weighted by atomic mass is 14.6. The number of hydrogen-bond acceptors (Lipinski definition) is 1. The van der Waals surface area contributed by atoms with Crippen molar-refractivity contribution in [2.24, 2.45) is 0 Å². The second kappa shape index (κ2) is 9.74. The number of hydrogen-bond donors (Lipinski definition) is 0. The minimum Gasteiger partial charge on any atom is -0.264 e. The molecule has 1 heterocycles. The maximum absolute atomic E-state index is 4.50. The highest BCUT2D eigenvalue weighted by Crippen LogP contribution is 2.53. The van der Waals surface area contributed by atoms with Crippen molar-refractivity contribution >= 4 is 32.3 Å². The zero-order chi connectivity index (χ0) is 30.1. The van der Waals surface area contributed by atoms with Crippen LogP contribution >= 0.6 is 0 Å². The summed E-state index contributed by atoms with van der Waals surface area (Å²) in [7, 11) is 0. The number of aromatic nitrogens is 1. The van der Waals surface area contributed by atoms with Crippen LogP contribution in [0.15, 0.2) is 152 Å². The molecule has 0 radical (unpaired) electrons. The largest absolute Gasteiger partial charge is 0.264 e. The Hall–Kier alpha value is -5.53. The summed E-state index contributed by atoms with van der Waals surface area (Å²) in [6.07, 6.45) is 3.97. The maximum Gasteiger partial charge on any atom is 0.0314 e. The second-order valence-corrected chi connectivity index (χ2v) is 12.7. The van der Waals surface area contributed by atoms with Gasteiger partial charge in [0.25, 0.3) is 0 Å². The smallest absolute Gasteiger partial charge is 0.0314 e. The Bertz CT molecular complexity index is 2380. The number of pyridine rings is 1. The summed E-state index contributed by atoms with van der Waals surface area (Å²) < 4.78 is 0. The van der Waals surface area contributed by atoms with Gasteiger partial charge >= 0.3 is 0 Å². The van der Waals surface area contributed by atoms with Crippen LogP contribution in [0.3, 0.4) is 0 Å². The van der Waals surface area contributed by atoms with Gasteiger partial charge in [-0.05, 0) is 100 Å². The average Bonchev–Trinajstić information content (AvgIpc) is 3.33. The number of nitrogens with zero attached hydrogens (tertiary/aromatic N) is 1. The predicted molar refractivity (Wildman–Crippen MR) is 191 cm³/mol. The van der Waals surface area contributed by atoms with E-state index < -0.39 is 0 Å². The van der Waals surface area contributed by atoms with Gasteiger partial charge in [-0.25, -0.2) is 0 Å². The van der Waals surface area contributed by atoms with E-state index in [-0.39, 0.29) is 5.41 Å². The molecule has 212 valence electrons. The van der Waals surface area contributed by atoms with E-state index in [9.17, 15) is 0 Å². The molecule has 45 heavy (non-hydrogen) atoms. The molecule has 1 nitrogen and oxygen atoms in total. The molecule has 0 saturated carbocycles. The monoisotopic (exact) mass is 573 g/mol. The molecule has 1 aromatic heterocycles. The van der Waals surface area contributed by atoms with Gasteiger partial charge in [0.2, 0.25) is 0 Å². The van der Waals surface area contributed by atoms with Crippen LogP contribution < -0.4 is 0 Å². The van der Waals surface area contributed by atoms with Crippen molar-refractivity contribution in [1.82, 2.24) is 4.98 Å². The lowest BCUT2D eigenvalue weighted by atomic mass is 9.80. The van der Waals surface area contributed by atoms with Crippen LogP contribution in [0.1, 0.15) is 25.0 Å². The quantitative estimate of drug-likeness (QED) is 0.192. The summed E-state index contributed by atoms with van der Waals surface area (Å²) in [5.74, 6) is 0. The Labute approximate surface area is 263 Å². The Balaban J connectivity index is 1.26. The van der Waals surface area contributed by atoms with Gasteiger partial charge in [0.1, 0.15) is 0 Å². The molecule has 0 N–H and O–H groups in total. The van der Waals surface area contributed by atoms with Gasteiger partial charge in [-0.15, -0.1) is 0 Å². The summed E-state index contributed by atoms with van der Waals surface area (Å²) in [6, 6.07) is 51.3. The average molecular weight is 574 g/mol. The standard InChI is InChI=1S/C44H31N/c1-44(2)39-26-38(31-14-6-7-15-32(31)43(39)37-24-25-45-27-40(37)44)28-20-22-30(23-21-28)42-35-18-10-8-16-33(35)41(29-12-4-3-5-13-29)34-17-9-11-19-36(34)42/h3-27H,1-2H3. The Kier molecular flexibility index (Phi) is 5.61. The molecule has 0 aliphatic heterocycles. The van der Waals surface area contributed by atoms with Crippen LogP contribution in [0, 0.1) is 0 Å². The lowest BCUT2D eigenvalue weighted by Gasteiger charge is -2.22. The normalized spacial score (nSPS) is 13.3. The summed E-state index contributed by atoms with van der Waals surface area (Å²) in [6.45, 7) is 4.66. The van der Waals surface area contributed by atoms with Crippen LogP contribution in [0.2, 0.25) is 0 Å². The second-order valence-electron chi connectivity index (χ2n) is 12.7. The van der Waals surface area contributed by atoms with Crippen molar-refractivity contribution in [2.75, 3.05) is 0 Å². The minimum absolute atomic E-state index is 0.115. The molecular weight excluding hydrogens is 542 g/mol. The Morgan fingerprint density at radius 1 is 0.400 bits per heavy atom. The molecular formula is C44H31N. The fourth-order valence-corrected chi connectivity index (χ4v) is 7.82. The molecule has 0 saturated heterocycles. The van der Waals surface area contributed by atoms with Crippen LogP contribution in [-0.2, 0) is 5.41 Å². The fraction of sp³-hybridized carbons (Fsp3) is 0.0682. The number of rotatable bonds is 3. The molecule has 0 fully saturated rings. The highest BCUT2D eigenvalue weighted by Gasteiger charge is 2.37. The highest BCUT2D eigenvalue weighted by molar-refractivity contribution is 6.21. The SMILES string of the molecule is CC1(C)c2cnccc2-c2c1cc(-c1ccc(-c3c4ccccc4c(-c4ccccc4)c4ccccc34)cc1)c1ccccc21. The predicted octanol–water partition coefficient (Wildman–Crippen LogP) is 11.8. The summed E-state index contributed by atoms with van der Waals surface area (Å²) in [4.78, 5) is 4.50. The molecule has 0 unspecified atom stereocenters. The third kappa shape index (κ3) is 3.77. The van der Waals surface area contributed by atoms with Gasteiger partial charge in [0.15, 0.2) is 0 Å². The van der Waals surface area contributed by atoms with Gasteiger partial charge in [-0.1, -0.05) is 141 Å². The molecule has 1 aliphatic carbocycles. The van der Waals surface area contributed by atoms with Crippen molar-refractivity contribution in [2.45, 2.75) is 19.3 Å². The van der Waals surface area contributed by atoms with Crippen LogP contribution in [-0.4, -0.2) is 4.98 Å². The van der Waals surface area contributed by atoms with Crippen LogP contribution in [0.5, 0.6) is 0 Å². The Morgan fingerprint density at radius 2 is 0.867 bits per heavy atom. The molecule has 9 rings (SSSR count). The third-order valence-corrected chi connectivity index (χ3v) is 9.96. The molecule has 0 amide bonds. The van der Waals surface area contributed by atoms with Gasteiger partial charge in [-0.2, -0.15) is 0 Å². The van der Waals surface area contributed by atoms with E-state index in [0.29, 0.717) is 0 Å².